The number of carbonyl (C=O) groups is 1. The Balaban J connectivity index is 1.90. The standard InChI is InChI=1S/C17H20N2O2/c1-18-16(11-13-7-9-15(20)10-8-13)17(21)19-12-14-5-3-2-4-6-14/h2-10,16,18,20H,11-12H2,1H3,(H,19,21)/t16-/m0/s1. The van der Waals surface area contributed by atoms with Crippen LogP contribution in [0.4, 0.5) is 0 Å². The van der Waals surface area contributed by atoms with Gasteiger partial charge in [0.25, 0.3) is 0 Å². The molecule has 21 heavy (non-hydrogen) atoms. The van der Waals surface area contributed by atoms with Crippen molar-refractivity contribution in [2.24, 2.45) is 0 Å². The lowest BCUT2D eigenvalue weighted by Crippen LogP contribution is -2.43. The van der Waals surface area contributed by atoms with Gasteiger partial charge in [-0.15, -0.1) is 0 Å². The van der Waals surface area contributed by atoms with Gasteiger partial charge in [0.15, 0.2) is 0 Å². The Morgan fingerprint density at radius 2 is 1.71 bits per heavy atom. The summed E-state index contributed by atoms with van der Waals surface area (Å²) in [6.07, 6.45) is 0.581. The van der Waals surface area contributed by atoms with E-state index in [2.05, 4.69) is 10.6 Å². The Morgan fingerprint density at radius 1 is 1.05 bits per heavy atom. The number of phenolic OH excluding ortho intramolecular Hbond substituents is 1. The molecule has 0 spiro atoms. The van der Waals surface area contributed by atoms with Gasteiger partial charge in [-0.1, -0.05) is 42.5 Å². The van der Waals surface area contributed by atoms with Crippen LogP contribution in [0.25, 0.3) is 0 Å². The second-order valence-electron chi connectivity index (χ2n) is 4.92. The molecule has 2 rings (SSSR count). The van der Waals surface area contributed by atoms with Crippen LogP contribution in [0, 0.1) is 0 Å². The monoisotopic (exact) mass is 284 g/mol. The molecule has 2 aromatic rings. The average Bonchev–Trinajstić information content (AvgIpc) is 2.53. The largest absolute Gasteiger partial charge is 0.508 e. The Kier molecular flexibility index (Phi) is 5.35. The summed E-state index contributed by atoms with van der Waals surface area (Å²) in [6, 6.07) is 16.4. The summed E-state index contributed by atoms with van der Waals surface area (Å²) in [5.74, 6) is 0.197. The average molecular weight is 284 g/mol. The quantitative estimate of drug-likeness (QED) is 0.758. The predicted octanol–water partition coefficient (Wildman–Crippen LogP) is 1.84. The van der Waals surface area contributed by atoms with Gasteiger partial charge in [-0.2, -0.15) is 0 Å². The number of amides is 1. The van der Waals surface area contributed by atoms with E-state index in [4.69, 9.17) is 0 Å². The SMILES string of the molecule is CN[C@@H](Cc1ccc(O)cc1)C(=O)NCc1ccccc1. The first-order valence-corrected chi connectivity index (χ1v) is 6.96. The summed E-state index contributed by atoms with van der Waals surface area (Å²) in [7, 11) is 1.77. The van der Waals surface area contributed by atoms with Crippen LogP contribution in [0.15, 0.2) is 54.6 Å². The van der Waals surface area contributed by atoms with Crippen molar-refractivity contribution in [2.75, 3.05) is 7.05 Å². The van der Waals surface area contributed by atoms with Gasteiger partial charge in [-0.05, 0) is 36.7 Å². The molecule has 0 saturated carbocycles. The molecule has 3 N–H and O–H groups in total. The van der Waals surface area contributed by atoms with E-state index in [1.807, 2.05) is 42.5 Å². The van der Waals surface area contributed by atoms with E-state index in [1.54, 1.807) is 19.2 Å². The molecule has 0 aliphatic heterocycles. The third-order valence-electron chi connectivity index (χ3n) is 3.35. The molecule has 4 nitrogen and oxygen atoms in total. The lowest BCUT2D eigenvalue weighted by atomic mass is 10.1. The fraction of sp³-hybridized carbons (Fsp3) is 0.235. The van der Waals surface area contributed by atoms with Crippen LogP contribution >= 0.6 is 0 Å². The molecule has 0 radical (unpaired) electrons. The lowest BCUT2D eigenvalue weighted by Gasteiger charge is -2.16. The highest BCUT2D eigenvalue weighted by Gasteiger charge is 2.16. The van der Waals surface area contributed by atoms with Crippen molar-refractivity contribution in [3.05, 3.63) is 65.7 Å². The van der Waals surface area contributed by atoms with E-state index in [0.717, 1.165) is 11.1 Å². The van der Waals surface area contributed by atoms with Crippen molar-refractivity contribution in [2.45, 2.75) is 19.0 Å². The maximum atomic E-state index is 12.2. The van der Waals surface area contributed by atoms with Crippen molar-refractivity contribution < 1.29 is 9.90 Å². The van der Waals surface area contributed by atoms with Crippen molar-refractivity contribution in [1.29, 1.82) is 0 Å². The molecular weight excluding hydrogens is 264 g/mol. The molecule has 0 aliphatic rings. The number of carbonyl (C=O) groups excluding carboxylic acids is 1. The molecule has 1 atom stereocenters. The third kappa shape index (κ3) is 4.61. The van der Waals surface area contributed by atoms with Gasteiger partial charge in [-0.25, -0.2) is 0 Å². The number of phenols is 1. The highest BCUT2D eigenvalue weighted by molar-refractivity contribution is 5.82. The van der Waals surface area contributed by atoms with Crippen molar-refractivity contribution in [1.82, 2.24) is 10.6 Å². The maximum Gasteiger partial charge on any atom is 0.237 e. The minimum absolute atomic E-state index is 0.0329. The summed E-state index contributed by atoms with van der Waals surface area (Å²) in [5, 5.41) is 15.2. The molecule has 0 aliphatic carbocycles. The molecular formula is C17H20N2O2. The summed E-state index contributed by atoms with van der Waals surface area (Å²) >= 11 is 0. The van der Waals surface area contributed by atoms with Gasteiger partial charge in [0.05, 0.1) is 6.04 Å². The number of benzene rings is 2. The smallest absolute Gasteiger partial charge is 0.237 e. The Labute approximate surface area is 124 Å². The molecule has 0 unspecified atom stereocenters. The molecule has 0 saturated heterocycles. The maximum absolute atomic E-state index is 12.2. The summed E-state index contributed by atoms with van der Waals surface area (Å²) in [4.78, 5) is 12.2. The second-order valence-corrected chi connectivity index (χ2v) is 4.92. The number of aromatic hydroxyl groups is 1. The number of rotatable bonds is 6. The van der Waals surface area contributed by atoms with E-state index in [-0.39, 0.29) is 17.7 Å². The van der Waals surface area contributed by atoms with Crippen LogP contribution in [-0.4, -0.2) is 24.1 Å². The third-order valence-corrected chi connectivity index (χ3v) is 3.35. The molecule has 4 heteroatoms. The minimum Gasteiger partial charge on any atom is -0.508 e. The van der Waals surface area contributed by atoms with Crippen molar-refractivity contribution in [3.63, 3.8) is 0 Å². The molecule has 1 amide bonds. The van der Waals surface area contributed by atoms with Crippen LogP contribution in [-0.2, 0) is 17.8 Å². The number of hydrogen-bond donors (Lipinski definition) is 3. The predicted molar refractivity (Wildman–Crippen MR) is 82.9 cm³/mol. The fourth-order valence-electron chi connectivity index (χ4n) is 2.10. The molecule has 0 bridgehead atoms. The number of hydrogen-bond acceptors (Lipinski definition) is 3. The summed E-state index contributed by atoms with van der Waals surface area (Å²) in [5.41, 5.74) is 2.08. The van der Waals surface area contributed by atoms with Gasteiger partial charge < -0.3 is 15.7 Å². The first-order chi connectivity index (χ1) is 10.2. The van der Waals surface area contributed by atoms with Gasteiger partial charge >= 0.3 is 0 Å². The number of nitrogens with one attached hydrogen (secondary N) is 2. The Morgan fingerprint density at radius 3 is 2.33 bits per heavy atom. The zero-order valence-electron chi connectivity index (χ0n) is 12.0. The first kappa shape index (κ1) is 15.1. The molecule has 110 valence electrons. The van der Waals surface area contributed by atoms with Gasteiger partial charge in [0.1, 0.15) is 5.75 Å². The Hall–Kier alpha value is -2.33. The fourth-order valence-corrected chi connectivity index (χ4v) is 2.10. The summed E-state index contributed by atoms with van der Waals surface area (Å²) in [6.45, 7) is 0.521. The van der Waals surface area contributed by atoms with E-state index in [1.165, 1.54) is 0 Å². The van der Waals surface area contributed by atoms with E-state index >= 15 is 0 Å². The van der Waals surface area contributed by atoms with Crippen LogP contribution < -0.4 is 10.6 Å². The van der Waals surface area contributed by atoms with Crippen molar-refractivity contribution >= 4 is 5.91 Å². The Bertz CT molecular complexity index is 567. The molecule has 0 heterocycles. The minimum atomic E-state index is -0.293. The number of likely N-dealkylation sites (N-methyl/N-ethyl adjacent to an activating group) is 1. The van der Waals surface area contributed by atoms with E-state index in [9.17, 15) is 9.90 Å². The van der Waals surface area contributed by atoms with Gasteiger partial charge in [-0.3, -0.25) is 4.79 Å². The normalized spacial score (nSPS) is 11.9. The van der Waals surface area contributed by atoms with Crippen LogP contribution in [0.3, 0.4) is 0 Å². The molecule has 0 aromatic heterocycles. The van der Waals surface area contributed by atoms with Crippen LogP contribution in [0.1, 0.15) is 11.1 Å². The zero-order valence-corrected chi connectivity index (χ0v) is 12.0. The zero-order chi connectivity index (χ0) is 15.1. The lowest BCUT2D eigenvalue weighted by molar-refractivity contribution is -0.123. The highest BCUT2D eigenvalue weighted by Crippen LogP contribution is 2.11. The first-order valence-electron chi connectivity index (χ1n) is 6.96. The van der Waals surface area contributed by atoms with Gasteiger partial charge in [0, 0.05) is 6.54 Å². The van der Waals surface area contributed by atoms with E-state index in [0.29, 0.717) is 13.0 Å². The second kappa shape index (κ2) is 7.45. The highest BCUT2D eigenvalue weighted by atomic mass is 16.3. The van der Waals surface area contributed by atoms with Crippen LogP contribution in [0.2, 0.25) is 0 Å². The van der Waals surface area contributed by atoms with Crippen LogP contribution in [0.5, 0.6) is 5.75 Å². The topological polar surface area (TPSA) is 61.4 Å². The molecule has 2 aromatic carbocycles. The summed E-state index contributed by atoms with van der Waals surface area (Å²) < 4.78 is 0. The molecule has 0 fully saturated rings. The van der Waals surface area contributed by atoms with E-state index < -0.39 is 0 Å². The van der Waals surface area contributed by atoms with Gasteiger partial charge in [0.2, 0.25) is 5.91 Å². The van der Waals surface area contributed by atoms with Crippen molar-refractivity contribution in [3.8, 4) is 5.75 Å².